The highest BCUT2D eigenvalue weighted by molar-refractivity contribution is 7.91. The number of hydrogen-bond acceptors (Lipinski definition) is 4. The summed E-state index contributed by atoms with van der Waals surface area (Å²) in [5.41, 5.74) is 1.45. The summed E-state index contributed by atoms with van der Waals surface area (Å²) in [5, 5.41) is 0. The predicted molar refractivity (Wildman–Crippen MR) is 75.6 cm³/mol. The molecule has 4 nitrogen and oxygen atoms in total. The van der Waals surface area contributed by atoms with E-state index in [0.717, 1.165) is 5.56 Å². The van der Waals surface area contributed by atoms with Crippen LogP contribution in [0.5, 0.6) is 5.75 Å². The fourth-order valence-corrected chi connectivity index (χ4v) is 2.89. The Labute approximate surface area is 114 Å². The van der Waals surface area contributed by atoms with Gasteiger partial charge in [0.2, 0.25) is 0 Å². The van der Waals surface area contributed by atoms with Crippen molar-refractivity contribution in [2.24, 2.45) is 0 Å². The minimum Gasteiger partial charge on any atom is -0.492 e. The Morgan fingerprint density at radius 1 is 1.26 bits per heavy atom. The van der Waals surface area contributed by atoms with E-state index in [4.69, 9.17) is 4.74 Å². The van der Waals surface area contributed by atoms with Gasteiger partial charge in [0, 0.05) is 0 Å². The van der Waals surface area contributed by atoms with Crippen LogP contribution in [-0.4, -0.2) is 32.3 Å². The number of rotatable bonds is 7. The van der Waals surface area contributed by atoms with Crippen LogP contribution < -0.4 is 4.74 Å². The van der Waals surface area contributed by atoms with E-state index >= 15 is 0 Å². The van der Waals surface area contributed by atoms with Crippen LogP contribution in [0.25, 0.3) is 0 Å². The molecule has 5 heteroatoms. The average Bonchev–Trinajstić information content (AvgIpc) is 2.28. The van der Waals surface area contributed by atoms with Crippen molar-refractivity contribution >= 4 is 15.6 Å². The largest absolute Gasteiger partial charge is 0.492 e. The zero-order valence-electron chi connectivity index (χ0n) is 11.6. The lowest BCUT2D eigenvalue weighted by molar-refractivity contribution is 0.101. The van der Waals surface area contributed by atoms with E-state index in [-0.39, 0.29) is 23.9 Å². The topological polar surface area (TPSA) is 60.4 Å². The summed E-state index contributed by atoms with van der Waals surface area (Å²) in [5.74, 6) is 0.515. The third-order valence-corrected chi connectivity index (χ3v) is 4.50. The second-order valence-corrected chi connectivity index (χ2v) is 6.86. The number of Topliss-reactive ketones (excluding diaryl/α,β-unsaturated/α-hetero) is 1. The zero-order valence-corrected chi connectivity index (χ0v) is 12.4. The first-order valence-corrected chi connectivity index (χ1v) is 8.12. The fourth-order valence-electron chi connectivity index (χ4n) is 1.73. The molecule has 0 N–H and O–H groups in total. The maximum absolute atomic E-state index is 11.6. The van der Waals surface area contributed by atoms with Crippen molar-refractivity contribution in [1.82, 2.24) is 0 Å². The lowest BCUT2D eigenvalue weighted by Gasteiger charge is -2.10. The molecule has 0 saturated carbocycles. The Balaban J connectivity index is 2.73. The molecule has 0 heterocycles. The number of hydrogen-bond donors (Lipinski definition) is 0. The Morgan fingerprint density at radius 2 is 1.95 bits per heavy atom. The molecule has 0 saturated heterocycles. The smallest absolute Gasteiger partial charge is 0.163 e. The maximum atomic E-state index is 11.6. The predicted octanol–water partition coefficient (Wildman–Crippen LogP) is 2.40. The van der Waals surface area contributed by atoms with E-state index in [2.05, 4.69) is 0 Å². The average molecular weight is 284 g/mol. The summed E-state index contributed by atoms with van der Waals surface area (Å²) in [4.78, 5) is 11.4. The normalized spacial score (nSPS) is 11.3. The van der Waals surface area contributed by atoms with E-state index in [1.54, 1.807) is 12.1 Å². The molecule has 0 amide bonds. The molecule has 106 valence electrons. The van der Waals surface area contributed by atoms with Gasteiger partial charge in [-0.1, -0.05) is 13.0 Å². The van der Waals surface area contributed by atoms with E-state index in [1.807, 2.05) is 19.9 Å². The summed E-state index contributed by atoms with van der Waals surface area (Å²) >= 11 is 0. The van der Waals surface area contributed by atoms with E-state index in [1.165, 1.54) is 6.92 Å². The first-order chi connectivity index (χ1) is 8.85. The van der Waals surface area contributed by atoms with Crippen LogP contribution in [0.3, 0.4) is 0 Å². The Hall–Kier alpha value is -1.36. The SMILES string of the molecule is CCCS(=O)(=O)CCOc1cc(C)ccc1C(C)=O. The molecular weight excluding hydrogens is 264 g/mol. The number of carbonyl (C=O) groups excluding carboxylic acids is 1. The number of ether oxygens (including phenoxy) is 1. The number of benzene rings is 1. The molecule has 0 radical (unpaired) electrons. The van der Waals surface area contributed by atoms with Gasteiger partial charge in [-0.3, -0.25) is 4.79 Å². The third-order valence-electron chi connectivity index (χ3n) is 2.68. The van der Waals surface area contributed by atoms with Crippen molar-refractivity contribution in [1.29, 1.82) is 0 Å². The number of carbonyl (C=O) groups is 1. The molecule has 0 aliphatic heterocycles. The summed E-state index contributed by atoms with van der Waals surface area (Å²) in [6.07, 6.45) is 0.603. The van der Waals surface area contributed by atoms with E-state index in [0.29, 0.717) is 17.7 Å². The van der Waals surface area contributed by atoms with Gasteiger partial charge in [-0.05, 0) is 38.0 Å². The molecule has 0 aliphatic rings. The van der Waals surface area contributed by atoms with Gasteiger partial charge in [-0.2, -0.15) is 0 Å². The highest BCUT2D eigenvalue weighted by Gasteiger charge is 2.12. The second kappa shape index (κ2) is 6.70. The maximum Gasteiger partial charge on any atom is 0.163 e. The molecule has 0 fully saturated rings. The van der Waals surface area contributed by atoms with Crippen molar-refractivity contribution in [2.45, 2.75) is 27.2 Å². The third kappa shape index (κ3) is 5.03. The number of ketones is 1. The fraction of sp³-hybridized carbons (Fsp3) is 0.500. The molecule has 0 aliphatic carbocycles. The number of aryl methyl sites for hydroxylation is 1. The van der Waals surface area contributed by atoms with Gasteiger partial charge >= 0.3 is 0 Å². The molecule has 0 unspecified atom stereocenters. The van der Waals surface area contributed by atoms with Gasteiger partial charge in [0.25, 0.3) is 0 Å². The minimum atomic E-state index is -3.05. The highest BCUT2D eigenvalue weighted by atomic mass is 32.2. The van der Waals surface area contributed by atoms with Crippen LogP contribution in [0.1, 0.15) is 36.2 Å². The van der Waals surface area contributed by atoms with Gasteiger partial charge in [0.1, 0.15) is 12.4 Å². The Bertz CT molecular complexity index is 547. The van der Waals surface area contributed by atoms with Crippen LogP contribution in [-0.2, 0) is 9.84 Å². The van der Waals surface area contributed by atoms with Crippen LogP contribution in [0.15, 0.2) is 18.2 Å². The molecule has 1 aromatic carbocycles. The quantitative estimate of drug-likeness (QED) is 0.721. The minimum absolute atomic E-state index is 0.0217. The standard InChI is InChI=1S/C14H20O4S/c1-4-8-19(16,17)9-7-18-14-10-11(2)5-6-13(14)12(3)15/h5-6,10H,4,7-9H2,1-3H3. The molecule has 1 aromatic rings. The van der Waals surface area contributed by atoms with Crippen molar-refractivity contribution in [3.63, 3.8) is 0 Å². The summed E-state index contributed by atoms with van der Waals surface area (Å²) in [6, 6.07) is 5.29. The monoisotopic (exact) mass is 284 g/mol. The summed E-state index contributed by atoms with van der Waals surface area (Å²) < 4.78 is 28.6. The molecule has 0 spiro atoms. The van der Waals surface area contributed by atoms with Gasteiger partial charge in [-0.25, -0.2) is 8.42 Å². The number of sulfone groups is 1. The summed E-state index contributed by atoms with van der Waals surface area (Å²) in [6.45, 7) is 5.26. The van der Waals surface area contributed by atoms with Crippen molar-refractivity contribution in [2.75, 3.05) is 18.1 Å². The second-order valence-electron chi connectivity index (χ2n) is 4.56. The van der Waals surface area contributed by atoms with Crippen molar-refractivity contribution in [3.8, 4) is 5.75 Å². The molecule has 0 atom stereocenters. The Kier molecular flexibility index (Phi) is 5.54. The van der Waals surface area contributed by atoms with Gasteiger partial charge in [0.05, 0.1) is 17.1 Å². The highest BCUT2D eigenvalue weighted by Crippen LogP contribution is 2.20. The molecule has 0 bridgehead atoms. The molecule has 19 heavy (non-hydrogen) atoms. The van der Waals surface area contributed by atoms with Crippen LogP contribution in [0, 0.1) is 6.92 Å². The first kappa shape index (κ1) is 15.7. The molecular formula is C14H20O4S. The van der Waals surface area contributed by atoms with Crippen LogP contribution in [0.2, 0.25) is 0 Å². The van der Waals surface area contributed by atoms with E-state index in [9.17, 15) is 13.2 Å². The van der Waals surface area contributed by atoms with E-state index < -0.39 is 9.84 Å². The molecule has 1 rings (SSSR count). The van der Waals surface area contributed by atoms with Crippen molar-refractivity contribution < 1.29 is 17.9 Å². The van der Waals surface area contributed by atoms with Gasteiger partial charge < -0.3 is 4.74 Å². The van der Waals surface area contributed by atoms with Gasteiger partial charge in [0.15, 0.2) is 15.6 Å². The summed E-state index contributed by atoms with van der Waals surface area (Å²) in [7, 11) is -3.05. The van der Waals surface area contributed by atoms with Crippen LogP contribution in [0.4, 0.5) is 0 Å². The Morgan fingerprint density at radius 3 is 2.53 bits per heavy atom. The van der Waals surface area contributed by atoms with Crippen molar-refractivity contribution in [3.05, 3.63) is 29.3 Å². The zero-order chi connectivity index (χ0) is 14.5. The van der Waals surface area contributed by atoms with Gasteiger partial charge in [-0.15, -0.1) is 0 Å². The molecule has 0 aromatic heterocycles. The lowest BCUT2D eigenvalue weighted by Crippen LogP contribution is -2.17. The lowest BCUT2D eigenvalue weighted by atomic mass is 10.1. The first-order valence-electron chi connectivity index (χ1n) is 6.30. The van der Waals surface area contributed by atoms with Crippen LogP contribution >= 0.6 is 0 Å².